The molecule has 0 radical (unpaired) electrons. The average molecular weight is 247 g/mol. The molecule has 17 heavy (non-hydrogen) atoms. The minimum absolute atomic E-state index is 0.203. The fourth-order valence-corrected chi connectivity index (χ4v) is 1.61. The Morgan fingerprint density at radius 3 is 2.65 bits per heavy atom. The van der Waals surface area contributed by atoms with E-state index in [9.17, 15) is 4.79 Å². The Kier molecular flexibility index (Phi) is 3.73. The van der Waals surface area contributed by atoms with Gasteiger partial charge in [-0.3, -0.25) is 9.78 Å². The Bertz CT molecular complexity index is 514. The molecule has 1 heterocycles. The molecule has 0 aliphatic carbocycles. The maximum atomic E-state index is 11.7. The molecule has 1 aromatic heterocycles. The molecule has 2 aromatic rings. The molecule has 1 aromatic carbocycles. The second-order valence-electron chi connectivity index (χ2n) is 3.49. The van der Waals surface area contributed by atoms with Crippen LogP contribution in [0.4, 0.5) is 0 Å². The van der Waals surface area contributed by atoms with E-state index < -0.39 is 0 Å². The second-order valence-corrected chi connectivity index (χ2v) is 3.90. The quantitative estimate of drug-likeness (QED) is 0.905. The molecular weight excluding hydrogens is 236 g/mol. The average Bonchev–Trinajstić information content (AvgIpc) is 2.38. The topological polar surface area (TPSA) is 42.0 Å². The van der Waals surface area contributed by atoms with Crippen LogP contribution in [0, 0.1) is 0 Å². The van der Waals surface area contributed by atoms with Gasteiger partial charge in [-0.2, -0.15) is 0 Å². The molecule has 0 aliphatic heterocycles. The zero-order valence-corrected chi connectivity index (χ0v) is 9.82. The molecule has 3 nitrogen and oxygen atoms in total. The summed E-state index contributed by atoms with van der Waals surface area (Å²) in [5.74, 6) is -0.203. The fraction of sp³-hybridized carbons (Fsp3) is 0.0769. The van der Waals surface area contributed by atoms with Crippen LogP contribution in [0.5, 0.6) is 0 Å². The monoisotopic (exact) mass is 246 g/mol. The van der Waals surface area contributed by atoms with Crippen molar-refractivity contribution in [3.8, 4) is 0 Å². The van der Waals surface area contributed by atoms with Crippen molar-refractivity contribution in [1.29, 1.82) is 0 Å². The summed E-state index contributed by atoms with van der Waals surface area (Å²) in [4.78, 5) is 15.7. The van der Waals surface area contributed by atoms with Gasteiger partial charge in [0.05, 0.1) is 0 Å². The minimum atomic E-state index is -0.203. The molecule has 2 rings (SSSR count). The van der Waals surface area contributed by atoms with Gasteiger partial charge in [0.25, 0.3) is 5.91 Å². The fourth-order valence-electron chi connectivity index (χ4n) is 1.40. The zero-order chi connectivity index (χ0) is 12.1. The number of carbonyl (C=O) groups is 1. The Morgan fingerprint density at radius 2 is 1.94 bits per heavy atom. The first-order chi connectivity index (χ1) is 8.27. The van der Waals surface area contributed by atoms with Crippen LogP contribution in [0.2, 0.25) is 5.02 Å². The van der Waals surface area contributed by atoms with Gasteiger partial charge < -0.3 is 5.32 Å². The maximum Gasteiger partial charge on any atom is 0.270 e. The Morgan fingerprint density at radius 1 is 1.18 bits per heavy atom. The Balaban J connectivity index is 2.00. The molecule has 0 aliphatic rings. The first-order valence-corrected chi connectivity index (χ1v) is 5.58. The van der Waals surface area contributed by atoms with Crippen LogP contribution >= 0.6 is 11.6 Å². The van der Waals surface area contributed by atoms with Crippen LogP contribution in [0.1, 0.15) is 16.1 Å². The van der Waals surface area contributed by atoms with Crippen molar-refractivity contribution in [2.75, 3.05) is 0 Å². The Labute approximate surface area is 104 Å². The number of nitrogens with one attached hydrogen (secondary N) is 1. The molecular formula is C13H11ClN2O. The lowest BCUT2D eigenvalue weighted by molar-refractivity contribution is 0.0946. The van der Waals surface area contributed by atoms with Gasteiger partial charge in [-0.1, -0.05) is 35.9 Å². The maximum absolute atomic E-state index is 11.7. The van der Waals surface area contributed by atoms with Crippen molar-refractivity contribution in [2.45, 2.75) is 6.54 Å². The number of rotatable bonds is 3. The van der Waals surface area contributed by atoms with Gasteiger partial charge in [0.1, 0.15) is 5.69 Å². The number of halogens is 1. The van der Waals surface area contributed by atoms with Gasteiger partial charge in [-0.15, -0.1) is 0 Å². The molecule has 1 N–H and O–H groups in total. The number of hydrogen-bond acceptors (Lipinski definition) is 2. The van der Waals surface area contributed by atoms with E-state index in [4.69, 9.17) is 11.6 Å². The lowest BCUT2D eigenvalue weighted by atomic mass is 10.2. The summed E-state index contributed by atoms with van der Waals surface area (Å²) in [5, 5.41) is 3.42. The number of amides is 1. The second kappa shape index (κ2) is 5.46. The van der Waals surface area contributed by atoms with Crippen molar-refractivity contribution in [3.63, 3.8) is 0 Å². The number of nitrogens with zero attached hydrogens (tertiary/aromatic N) is 1. The van der Waals surface area contributed by atoms with Crippen molar-refractivity contribution in [3.05, 3.63) is 64.9 Å². The standard InChI is InChI=1S/C13H11ClN2O/c14-11-6-2-1-5-10(11)9-16-13(17)12-7-3-4-8-15-12/h1-8H,9H2,(H,16,17). The Hall–Kier alpha value is -1.87. The number of hydrogen-bond donors (Lipinski definition) is 1. The molecule has 4 heteroatoms. The predicted octanol–water partition coefficient (Wildman–Crippen LogP) is 2.67. The smallest absolute Gasteiger partial charge is 0.270 e. The van der Waals surface area contributed by atoms with Crippen molar-refractivity contribution in [1.82, 2.24) is 10.3 Å². The summed E-state index contributed by atoms with van der Waals surface area (Å²) in [6.45, 7) is 0.398. The summed E-state index contributed by atoms with van der Waals surface area (Å²) in [5.41, 5.74) is 1.29. The van der Waals surface area contributed by atoms with E-state index in [1.165, 1.54) is 0 Å². The summed E-state index contributed by atoms with van der Waals surface area (Å²) >= 11 is 5.99. The highest BCUT2D eigenvalue weighted by atomic mass is 35.5. The van der Waals surface area contributed by atoms with E-state index in [0.29, 0.717) is 17.3 Å². The van der Waals surface area contributed by atoms with Crippen LogP contribution in [-0.4, -0.2) is 10.9 Å². The summed E-state index contributed by atoms with van der Waals surface area (Å²) in [7, 11) is 0. The third kappa shape index (κ3) is 3.04. The largest absolute Gasteiger partial charge is 0.347 e. The minimum Gasteiger partial charge on any atom is -0.347 e. The predicted molar refractivity (Wildman–Crippen MR) is 66.9 cm³/mol. The summed E-state index contributed by atoms with van der Waals surface area (Å²) < 4.78 is 0. The highest BCUT2D eigenvalue weighted by molar-refractivity contribution is 6.31. The molecule has 86 valence electrons. The van der Waals surface area contributed by atoms with Gasteiger partial charge in [-0.05, 0) is 23.8 Å². The highest BCUT2D eigenvalue weighted by Crippen LogP contribution is 2.14. The van der Waals surface area contributed by atoms with E-state index >= 15 is 0 Å². The van der Waals surface area contributed by atoms with E-state index in [2.05, 4.69) is 10.3 Å². The number of carbonyl (C=O) groups excluding carboxylic acids is 1. The third-order valence-electron chi connectivity index (χ3n) is 2.29. The van der Waals surface area contributed by atoms with Crippen LogP contribution in [0.25, 0.3) is 0 Å². The van der Waals surface area contributed by atoms with Crippen molar-refractivity contribution in [2.24, 2.45) is 0 Å². The van der Waals surface area contributed by atoms with Crippen LogP contribution < -0.4 is 5.32 Å². The van der Waals surface area contributed by atoms with E-state index in [1.54, 1.807) is 30.5 Å². The highest BCUT2D eigenvalue weighted by Gasteiger charge is 2.06. The first kappa shape index (κ1) is 11.6. The molecule has 0 atom stereocenters. The molecule has 0 saturated carbocycles. The van der Waals surface area contributed by atoms with Gasteiger partial charge in [0, 0.05) is 17.8 Å². The summed E-state index contributed by atoms with van der Waals surface area (Å²) in [6.07, 6.45) is 1.59. The van der Waals surface area contributed by atoms with Crippen LogP contribution in [0.3, 0.4) is 0 Å². The van der Waals surface area contributed by atoms with Gasteiger partial charge in [0.15, 0.2) is 0 Å². The molecule has 0 bridgehead atoms. The summed E-state index contributed by atoms with van der Waals surface area (Å²) in [6, 6.07) is 12.6. The van der Waals surface area contributed by atoms with Gasteiger partial charge in [-0.25, -0.2) is 0 Å². The normalized spacial score (nSPS) is 9.94. The first-order valence-electron chi connectivity index (χ1n) is 5.20. The third-order valence-corrected chi connectivity index (χ3v) is 2.66. The molecule has 0 fully saturated rings. The van der Waals surface area contributed by atoms with Crippen LogP contribution in [-0.2, 0) is 6.54 Å². The number of benzene rings is 1. The molecule has 1 amide bonds. The number of pyridine rings is 1. The van der Waals surface area contributed by atoms with Crippen molar-refractivity contribution < 1.29 is 4.79 Å². The number of aromatic nitrogens is 1. The van der Waals surface area contributed by atoms with Crippen LogP contribution in [0.15, 0.2) is 48.7 Å². The molecule has 0 saturated heterocycles. The van der Waals surface area contributed by atoms with Gasteiger partial charge >= 0.3 is 0 Å². The lowest BCUT2D eigenvalue weighted by Gasteiger charge is -2.06. The zero-order valence-electron chi connectivity index (χ0n) is 9.06. The van der Waals surface area contributed by atoms with E-state index in [-0.39, 0.29) is 5.91 Å². The SMILES string of the molecule is O=C(NCc1ccccc1Cl)c1ccccn1. The molecule has 0 unspecified atom stereocenters. The van der Waals surface area contributed by atoms with Crippen molar-refractivity contribution >= 4 is 17.5 Å². The molecule has 0 spiro atoms. The lowest BCUT2D eigenvalue weighted by Crippen LogP contribution is -2.23. The van der Waals surface area contributed by atoms with E-state index in [0.717, 1.165) is 5.56 Å². The van der Waals surface area contributed by atoms with E-state index in [1.807, 2.05) is 18.2 Å². The van der Waals surface area contributed by atoms with Gasteiger partial charge in [0.2, 0.25) is 0 Å².